The second-order valence-electron chi connectivity index (χ2n) is 4.30. The molecule has 0 atom stereocenters. The molecular weight excluding hydrogens is 226 g/mol. The van der Waals surface area contributed by atoms with Crippen LogP contribution in [0, 0.1) is 0 Å². The molecule has 0 saturated heterocycles. The first-order chi connectivity index (χ1) is 7.33. The number of nitrogen functional groups attached to an aromatic ring is 1. The second kappa shape index (κ2) is 4.84. The highest BCUT2D eigenvalue weighted by molar-refractivity contribution is 7.14. The van der Waals surface area contributed by atoms with E-state index >= 15 is 0 Å². The van der Waals surface area contributed by atoms with Gasteiger partial charge in [0.2, 0.25) is 0 Å². The number of esters is 1. The highest BCUT2D eigenvalue weighted by Crippen LogP contribution is 2.27. The summed E-state index contributed by atoms with van der Waals surface area (Å²) in [5.74, 6) is -0.406. The molecule has 5 heteroatoms. The van der Waals surface area contributed by atoms with E-state index in [2.05, 4.69) is 4.74 Å². The van der Waals surface area contributed by atoms with Crippen molar-refractivity contribution in [2.45, 2.75) is 32.3 Å². The Bertz CT molecular complexity index is 379. The summed E-state index contributed by atoms with van der Waals surface area (Å²) >= 11 is 1.32. The van der Waals surface area contributed by atoms with E-state index in [1.807, 2.05) is 0 Å². The van der Waals surface area contributed by atoms with Gasteiger partial charge in [0.25, 0.3) is 0 Å². The van der Waals surface area contributed by atoms with Crippen molar-refractivity contribution >= 4 is 23.0 Å². The zero-order chi connectivity index (χ0) is 12.3. The number of nitrogens with two attached hydrogens (primary N) is 1. The van der Waals surface area contributed by atoms with Crippen LogP contribution in [-0.4, -0.2) is 23.8 Å². The number of carbonyl (C=O) groups is 1. The van der Waals surface area contributed by atoms with Gasteiger partial charge in [-0.3, -0.25) is 0 Å². The number of hydrogen-bond donors (Lipinski definition) is 2. The van der Waals surface area contributed by atoms with Crippen LogP contribution >= 0.6 is 11.3 Å². The molecule has 1 heterocycles. The van der Waals surface area contributed by atoms with Gasteiger partial charge in [-0.15, -0.1) is 11.3 Å². The minimum atomic E-state index is -0.704. The number of aliphatic hydroxyl groups is 1. The van der Waals surface area contributed by atoms with Crippen molar-refractivity contribution in [1.29, 1.82) is 0 Å². The first-order valence-corrected chi connectivity index (χ1v) is 5.84. The van der Waals surface area contributed by atoms with E-state index in [4.69, 9.17) is 5.73 Å². The lowest BCUT2D eigenvalue weighted by Crippen LogP contribution is -2.18. The maximum atomic E-state index is 11.3. The Hall–Kier alpha value is -1.07. The van der Waals surface area contributed by atoms with Crippen molar-refractivity contribution < 1.29 is 14.6 Å². The van der Waals surface area contributed by atoms with E-state index in [1.165, 1.54) is 18.4 Å². The molecule has 0 radical (unpaired) electrons. The van der Waals surface area contributed by atoms with Crippen LogP contribution in [0.1, 0.15) is 34.8 Å². The molecule has 0 saturated carbocycles. The monoisotopic (exact) mass is 243 g/mol. The van der Waals surface area contributed by atoms with Gasteiger partial charge in [-0.1, -0.05) is 0 Å². The minimum Gasteiger partial charge on any atom is -0.465 e. The lowest BCUT2D eigenvalue weighted by Gasteiger charge is -2.15. The Kier molecular flexibility index (Phi) is 3.93. The minimum absolute atomic E-state index is 0.406. The summed E-state index contributed by atoms with van der Waals surface area (Å²) in [5, 5.41) is 9.59. The van der Waals surface area contributed by atoms with Gasteiger partial charge in [0.05, 0.1) is 18.4 Å². The molecular formula is C11H17NO3S. The van der Waals surface area contributed by atoms with E-state index in [-0.39, 0.29) is 0 Å². The van der Waals surface area contributed by atoms with Crippen molar-refractivity contribution in [1.82, 2.24) is 0 Å². The predicted molar refractivity (Wildman–Crippen MR) is 64.7 cm³/mol. The van der Waals surface area contributed by atoms with E-state index in [9.17, 15) is 9.90 Å². The van der Waals surface area contributed by atoms with Gasteiger partial charge in [-0.25, -0.2) is 4.79 Å². The Morgan fingerprint density at radius 1 is 1.62 bits per heavy atom. The SMILES string of the molecule is COC(=O)c1sc(CCC(C)(C)O)cc1N. The van der Waals surface area contributed by atoms with Crippen LogP contribution in [0.4, 0.5) is 5.69 Å². The van der Waals surface area contributed by atoms with Gasteiger partial charge in [0.1, 0.15) is 4.88 Å². The second-order valence-corrected chi connectivity index (χ2v) is 5.44. The highest BCUT2D eigenvalue weighted by Gasteiger charge is 2.17. The maximum Gasteiger partial charge on any atom is 0.350 e. The lowest BCUT2D eigenvalue weighted by atomic mass is 10.0. The quantitative estimate of drug-likeness (QED) is 0.791. The zero-order valence-electron chi connectivity index (χ0n) is 9.74. The number of hydrogen-bond acceptors (Lipinski definition) is 5. The standard InChI is InChI=1S/C11H17NO3S/c1-11(2,14)5-4-7-6-8(12)9(16-7)10(13)15-3/h6,14H,4-5,12H2,1-3H3. The molecule has 16 heavy (non-hydrogen) atoms. The molecule has 1 rings (SSSR count). The topological polar surface area (TPSA) is 72.5 Å². The number of thiophene rings is 1. The molecule has 3 N–H and O–H groups in total. The molecule has 0 aliphatic rings. The van der Waals surface area contributed by atoms with Crippen molar-refractivity contribution in [3.63, 3.8) is 0 Å². The molecule has 1 aromatic rings. The predicted octanol–water partition coefficient (Wildman–Crippen LogP) is 1.82. The first-order valence-electron chi connectivity index (χ1n) is 5.02. The van der Waals surface area contributed by atoms with Gasteiger partial charge < -0.3 is 15.6 Å². The summed E-state index contributed by atoms with van der Waals surface area (Å²) < 4.78 is 4.62. The third-order valence-electron chi connectivity index (χ3n) is 2.17. The summed E-state index contributed by atoms with van der Waals surface area (Å²) in [6, 6.07) is 1.77. The summed E-state index contributed by atoms with van der Waals surface area (Å²) in [4.78, 5) is 12.7. The van der Waals surface area contributed by atoms with Crippen molar-refractivity contribution in [2.75, 3.05) is 12.8 Å². The van der Waals surface area contributed by atoms with E-state index in [1.54, 1.807) is 19.9 Å². The Morgan fingerprint density at radius 2 is 2.25 bits per heavy atom. The third-order valence-corrected chi connectivity index (χ3v) is 3.36. The molecule has 0 aliphatic carbocycles. The van der Waals surface area contributed by atoms with Crippen LogP contribution in [0.25, 0.3) is 0 Å². The van der Waals surface area contributed by atoms with Gasteiger partial charge in [-0.2, -0.15) is 0 Å². The van der Waals surface area contributed by atoms with Crippen LogP contribution in [0.5, 0.6) is 0 Å². The van der Waals surface area contributed by atoms with Crippen molar-refractivity contribution in [3.8, 4) is 0 Å². The summed E-state index contributed by atoms with van der Waals surface area (Å²) in [7, 11) is 1.33. The molecule has 0 unspecified atom stereocenters. The van der Waals surface area contributed by atoms with E-state index in [0.717, 1.165) is 4.88 Å². The Morgan fingerprint density at radius 3 is 2.75 bits per heavy atom. The van der Waals surface area contributed by atoms with Crippen LogP contribution in [0.3, 0.4) is 0 Å². The fourth-order valence-electron chi connectivity index (χ4n) is 1.26. The average molecular weight is 243 g/mol. The molecule has 4 nitrogen and oxygen atoms in total. The van der Waals surface area contributed by atoms with Gasteiger partial charge in [-0.05, 0) is 32.8 Å². The number of aryl methyl sites for hydroxylation is 1. The summed E-state index contributed by atoms with van der Waals surface area (Å²) in [6.45, 7) is 3.51. The summed E-state index contributed by atoms with van der Waals surface area (Å²) in [6.07, 6.45) is 1.34. The fourth-order valence-corrected chi connectivity index (χ4v) is 2.26. The fraction of sp³-hybridized carbons (Fsp3) is 0.545. The molecule has 0 aromatic carbocycles. The smallest absolute Gasteiger partial charge is 0.350 e. The molecule has 0 bridgehead atoms. The number of carbonyl (C=O) groups excluding carboxylic acids is 1. The Balaban J connectivity index is 2.74. The lowest BCUT2D eigenvalue weighted by molar-refractivity contribution is 0.0607. The number of ether oxygens (including phenoxy) is 1. The van der Waals surface area contributed by atoms with Crippen LogP contribution in [-0.2, 0) is 11.2 Å². The van der Waals surface area contributed by atoms with Gasteiger partial charge in [0.15, 0.2) is 0 Å². The molecule has 0 spiro atoms. The van der Waals surface area contributed by atoms with Crippen LogP contribution in [0.15, 0.2) is 6.07 Å². The first kappa shape index (κ1) is 13.0. The molecule has 0 amide bonds. The molecule has 0 fully saturated rings. The van der Waals surface area contributed by atoms with Crippen molar-refractivity contribution in [3.05, 3.63) is 15.8 Å². The average Bonchev–Trinajstić information content (AvgIpc) is 2.55. The molecule has 0 aliphatic heterocycles. The van der Waals surface area contributed by atoms with Crippen molar-refractivity contribution in [2.24, 2.45) is 0 Å². The molecule has 1 aromatic heterocycles. The molecule has 90 valence electrons. The number of anilines is 1. The van der Waals surface area contributed by atoms with Crippen LogP contribution < -0.4 is 5.73 Å². The highest BCUT2D eigenvalue weighted by atomic mass is 32.1. The van der Waals surface area contributed by atoms with Gasteiger partial charge in [0, 0.05) is 4.88 Å². The third kappa shape index (κ3) is 3.50. The normalized spacial score (nSPS) is 11.5. The maximum absolute atomic E-state index is 11.3. The van der Waals surface area contributed by atoms with Gasteiger partial charge >= 0.3 is 5.97 Å². The Labute approximate surface area is 99.0 Å². The zero-order valence-corrected chi connectivity index (χ0v) is 10.6. The summed E-state index contributed by atoms with van der Waals surface area (Å²) in [5.41, 5.74) is 5.45. The number of methoxy groups -OCH3 is 1. The van der Waals surface area contributed by atoms with Crippen LogP contribution in [0.2, 0.25) is 0 Å². The van der Waals surface area contributed by atoms with E-state index < -0.39 is 11.6 Å². The number of rotatable bonds is 4. The van der Waals surface area contributed by atoms with E-state index in [0.29, 0.717) is 23.4 Å². The largest absolute Gasteiger partial charge is 0.465 e.